The van der Waals surface area contributed by atoms with Crippen molar-refractivity contribution >= 4 is 27.3 Å². The Kier molecular flexibility index (Phi) is 5.35. The number of nitro benzene ring substituents is 1. The van der Waals surface area contributed by atoms with Gasteiger partial charge >= 0.3 is 0 Å². The van der Waals surface area contributed by atoms with Crippen LogP contribution in [0.5, 0.6) is 0 Å². The lowest BCUT2D eigenvalue weighted by Gasteiger charge is -2.08. The number of nitro groups is 1. The molecule has 0 heterocycles. The second-order valence-electron chi connectivity index (χ2n) is 4.99. The van der Waals surface area contributed by atoms with Crippen LogP contribution in [-0.4, -0.2) is 19.9 Å². The Morgan fingerprint density at radius 3 is 2.43 bits per heavy atom. The van der Waals surface area contributed by atoms with Gasteiger partial charge in [-0.05, 0) is 31.5 Å². The summed E-state index contributed by atoms with van der Waals surface area (Å²) in [6, 6.07) is 10.8. The average Bonchev–Trinajstić information content (AvgIpc) is 2.49. The number of aryl methyl sites for hydroxylation is 1. The first kappa shape index (κ1) is 17.4. The monoisotopic (exact) mass is 354 g/mol. The highest BCUT2D eigenvalue weighted by Crippen LogP contribution is 2.23. The fraction of sp³-hybridized carbons (Fsp3) is 0.200. The molecule has 2 rings (SSSR count). The van der Waals surface area contributed by atoms with Gasteiger partial charge in [-0.2, -0.15) is 0 Å². The molecule has 2 aromatic rings. The van der Waals surface area contributed by atoms with E-state index in [1.807, 2.05) is 6.92 Å². The molecule has 8 heteroatoms. The number of nitrogens with one attached hydrogen (secondary N) is 1. The third-order valence-corrected chi connectivity index (χ3v) is 4.97. The molecule has 0 spiro atoms. The van der Waals surface area contributed by atoms with Gasteiger partial charge in [0, 0.05) is 23.2 Å². The van der Waals surface area contributed by atoms with Crippen LogP contribution >= 0.6 is 11.6 Å². The van der Waals surface area contributed by atoms with Crippen molar-refractivity contribution < 1.29 is 13.3 Å². The molecule has 0 bridgehead atoms. The van der Waals surface area contributed by atoms with Crippen molar-refractivity contribution in [1.82, 2.24) is 4.72 Å². The highest BCUT2D eigenvalue weighted by atomic mass is 35.5. The summed E-state index contributed by atoms with van der Waals surface area (Å²) >= 11 is 5.74. The summed E-state index contributed by atoms with van der Waals surface area (Å²) in [7, 11) is -3.63. The minimum atomic E-state index is -3.63. The highest BCUT2D eigenvalue weighted by Gasteiger charge is 2.16. The predicted octanol–water partition coefficient (Wildman–Crippen LogP) is 3.08. The molecule has 6 nitrogen and oxygen atoms in total. The van der Waals surface area contributed by atoms with Gasteiger partial charge in [0.15, 0.2) is 0 Å². The van der Waals surface area contributed by atoms with Crippen molar-refractivity contribution in [3.8, 4) is 0 Å². The predicted molar refractivity (Wildman–Crippen MR) is 88.2 cm³/mol. The van der Waals surface area contributed by atoms with Crippen LogP contribution in [0.3, 0.4) is 0 Å². The molecule has 0 saturated heterocycles. The molecule has 0 aromatic heterocycles. The van der Waals surface area contributed by atoms with E-state index in [4.69, 9.17) is 11.6 Å². The molecule has 0 aliphatic carbocycles. The third kappa shape index (κ3) is 4.51. The lowest BCUT2D eigenvalue weighted by Crippen LogP contribution is -2.26. The van der Waals surface area contributed by atoms with Gasteiger partial charge in [-0.3, -0.25) is 10.1 Å². The van der Waals surface area contributed by atoms with E-state index in [0.717, 1.165) is 5.56 Å². The second kappa shape index (κ2) is 7.08. The van der Waals surface area contributed by atoms with E-state index in [-0.39, 0.29) is 28.6 Å². The van der Waals surface area contributed by atoms with Crippen LogP contribution in [0.1, 0.15) is 11.1 Å². The lowest BCUT2D eigenvalue weighted by atomic mass is 10.1. The van der Waals surface area contributed by atoms with Crippen molar-refractivity contribution in [3.63, 3.8) is 0 Å². The molecular formula is C15H15ClN2O4S. The maximum Gasteiger partial charge on any atom is 0.274 e. The Hall–Kier alpha value is -1.96. The summed E-state index contributed by atoms with van der Waals surface area (Å²) in [6.07, 6.45) is 0.193. The molecule has 2 aromatic carbocycles. The maximum absolute atomic E-state index is 12.1. The molecule has 0 aliphatic heterocycles. The van der Waals surface area contributed by atoms with Gasteiger partial charge in [0.1, 0.15) is 0 Å². The molecular weight excluding hydrogens is 340 g/mol. The highest BCUT2D eigenvalue weighted by molar-refractivity contribution is 7.89. The molecule has 0 fully saturated rings. The Balaban J connectivity index is 2.08. The summed E-state index contributed by atoms with van der Waals surface area (Å²) in [4.78, 5) is 10.6. The normalized spacial score (nSPS) is 11.4. The zero-order chi connectivity index (χ0) is 17.0. The second-order valence-corrected chi connectivity index (χ2v) is 7.19. The minimum Gasteiger partial charge on any atom is -0.258 e. The fourth-order valence-corrected chi connectivity index (χ4v) is 3.24. The van der Waals surface area contributed by atoms with E-state index in [1.54, 1.807) is 18.2 Å². The van der Waals surface area contributed by atoms with Crippen LogP contribution in [0, 0.1) is 17.0 Å². The van der Waals surface area contributed by atoms with Crippen LogP contribution in [0.25, 0.3) is 0 Å². The number of benzene rings is 2. The number of hydrogen-bond donors (Lipinski definition) is 1. The Morgan fingerprint density at radius 2 is 1.83 bits per heavy atom. The van der Waals surface area contributed by atoms with Gasteiger partial charge in [0.2, 0.25) is 10.0 Å². The van der Waals surface area contributed by atoms with Gasteiger partial charge in [0.05, 0.1) is 9.82 Å². The fourth-order valence-electron chi connectivity index (χ4n) is 2.04. The molecule has 0 radical (unpaired) electrons. The first-order chi connectivity index (χ1) is 10.8. The van der Waals surface area contributed by atoms with E-state index in [0.29, 0.717) is 5.56 Å². The molecule has 0 saturated carbocycles. The smallest absolute Gasteiger partial charge is 0.258 e. The molecule has 122 valence electrons. The summed E-state index contributed by atoms with van der Waals surface area (Å²) in [6.45, 7) is 1.92. The Bertz CT molecular complexity index is 820. The number of hydrogen-bond acceptors (Lipinski definition) is 4. The standard InChI is InChI=1S/C15H15ClN2O4S/c1-11-2-6-14(7-3-11)23(21,22)17-9-8-12-4-5-13(16)10-15(12)18(19)20/h2-7,10,17H,8-9H2,1H3. The Labute approximate surface area is 139 Å². The largest absolute Gasteiger partial charge is 0.274 e. The topological polar surface area (TPSA) is 89.3 Å². The van der Waals surface area contributed by atoms with Crippen LogP contribution in [0.4, 0.5) is 5.69 Å². The van der Waals surface area contributed by atoms with E-state index in [2.05, 4.69) is 4.72 Å². The summed E-state index contributed by atoms with van der Waals surface area (Å²) in [5.41, 5.74) is 1.26. The molecule has 0 unspecified atom stereocenters. The zero-order valence-electron chi connectivity index (χ0n) is 12.3. The van der Waals surface area contributed by atoms with Crippen LogP contribution < -0.4 is 4.72 Å². The number of sulfonamides is 1. The molecule has 0 amide bonds. The zero-order valence-corrected chi connectivity index (χ0v) is 13.9. The van der Waals surface area contributed by atoms with Crippen molar-refractivity contribution in [2.24, 2.45) is 0 Å². The van der Waals surface area contributed by atoms with E-state index < -0.39 is 14.9 Å². The van der Waals surface area contributed by atoms with E-state index >= 15 is 0 Å². The van der Waals surface area contributed by atoms with Crippen LogP contribution in [0.15, 0.2) is 47.4 Å². The molecule has 0 atom stereocenters. The molecule has 1 N–H and O–H groups in total. The van der Waals surface area contributed by atoms with Gasteiger partial charge < -0.3 is 0 Å². The molecule has 0 aliphatic rings. The first-order valence-electron chi connectivity index (χ1n) is 6.79. The summed E-state index contributed by atoms with van der Waals surface area (Å²) in [5.74, 6) is 0. The van der Waals surface area contributed by atoms with Gasteiger partial charge in [0.25, 0.3) is 5.69 Å². The lowest BCUT2D eigenvalue weighted by molar-refractivity contribution is -0.385. The summed E-state index contributed by atoms with van der Waals surface area (Å²) < 4.78 is 26.7. The van der Waals surface area contributed by atoms with Crippen LogP contribution in [0.2, 0.25) is 5.02 Å². The van der Waals surface area contributed by atoms with Crippen molar-refractivity contribution in [3.05, 3.63) is 68.7 Å². The Morgan fingerprint density at radius 1 is 1.17 bits per heavy atom. The van der Waals surface area contributed by atoms with E-state index in [9.17, 15) is 18.5 Å². The van der Waals surface area contributed by atoms with Gasteiger partial charge in [-0.15, -0.1) is 0 Å². The quantitative estimate of drug-likeness (QED) is 0.637. The average molecular weight is 355 g/mol. The maximum atomic E-state index is 12.1. The van der Waals surface area contributed by atoms with Crippen molar-refractivity contribution in [2.75, 3.05) is 6.54 Å². The van der Waals surface area contributed by atoms with Gasteiger partial charge in [-0.1, -0.05) is 35.4 Å². The van der Waals surface area contributed by atoms with E-state index in [1.165, 1.54) is 24.3 Å². The SMILES string of the molecule is Cc1ccc(S(=O)(=O)NCCc2ccc(Cl)cc2[N+](=O)[O-])cc1. The van der Waals surface area contributed by atoms with Gasteiger partial charge in [-0.25, -0.2) is 13.1 Å². The molecule has 23 heavy (non-hydrogen) atoms. The van der Waals surface area contributed by atoms with Crippen molar-refractivity contribution in [1.29, 1.82) is 0 Å². The number of rotatable bonds is 6. The van der Waals surface area contributed by atoms with Crippen molar-refractivity contribution in [2.45, 2.75) is 18.2 Å². The number of halogens is 1. The van der Waals surface area contributed by atoms with Crippen LogP contribution in [-0.2, 0) is 16.4 Å². The third-order valence-electron chi connectivity index (χ3n) is 3.26. The number of nitrogens with zero attached hydrogens (tertiary/aromatic N) is 1. The first-order valence-corrected chi connectivity index (χ1v) is 8.65. The summed E-state index contributed by atoms with van der Waals surface area (Å²) in [5, 5.41) is 11.3. The minimum absolute atomic E-state index is 0.0542.